The van der Waals surface area contributed by atoms with E-state index in [2.05, 4.69) is 4.90 Å². The Morgan fingerprint density at radius 2 is 2.19 bits per heavy atom. The van der Waals surface area contributed by atoms with Crippen molar-refractivity contribution in [3.63, 3.8) is 0 Å². The molecule has 0 aromatic carbocycles. The zero-order valence-electron chi connectivity index (χ0n) is 13.2. The summed E-state index contributed by atoms with van der Waals surface area (Å²) in [6.07, 6.45) is 5.10. The summed E-state index contributed by atoms with van der Waals surface area (Å²) in [5, 5.41) is 0. The molecule has 0 bridgehead atoms. The lowest BCUT2D eigenvalue weighted by molar-refractivity contribution is -0.135. The fourth-order valence-electron chi connectivity index (χ4n) is 4.44. The maximum Gasteiger partial charge on any atom is 0.219 e. The Morgan fingerprint density at radius 1 is 1.38 bits per heavy atom. The van der Waals surface area contributed by atoms with Crippen molar-refractivity contribution in [3.05, 3.63) is 0 Å². The summed E-state index contributed by atoms with van der Waals surface area (Å²) in [4.78, 5) is 15.9. The molecule has 1 saturated carbocycles. The van der Waals surface area contributed by atoms with E-state index in [9.17, 15) is 9.18 Å². The molecule has 2 saturated heterocycles. The summed E-state index contributed by atoms with van der Waals surface area (Å²) in [5.41, 5.74) is -0.00675. The van der Waals surface area contributed by atoms with Gasteiger partial charge >= 0.3 is 0 Å². The molecule has 4 nitrogen and oxygen atoms in total. The van der Waals surface area contributed by atoms with Crippen molar-refractivity contribution in [2.45, 2.75) is 69.3 Å². The summed E-state index contributed by atoms with van der Waals surface area (Å²) < 4.78 is 19.7. The van der Waals surface area contributed by atoms with Gasteiger partial charge in [-0.15, -0.1) is 0 Å². The Bertz CT molecular complexity index is 398. The van der Waals surface area contributed by atoms with Crippen LogP contribution in [0, 0.1) is 0 Å². The first-order valence-electron chi connectivity index (χ1n) is 8.26. The molecule has 1 amide bonds. The van der Waals surface area contributed by atoms with Gasteiger partial charge < -0.3 is 9.64 Å². The van der Waals surface area contributed by atoms with Gasteiger partial charge in [-0.05, 0) is 38.5 Å². The molecule has 3 fully saturated rings. The van der Waals surface area contributed by atoms with E-state index in [4.69, 9.17) is 4.74 Å². The van der Waals surface area contributed by atoms with E-state index in [0.29, 0.717) is 13.0 Å². The zero-order chi connectivity index (χ0) is 15.0. The van der Waals surface area contributed by atoms with Gasteiger partial charge in [0.1, 0.15) is 6.17 Å². The highest BCUT2D eigenvalue weighted by Crippen LogP contribution is 2.42. The van der Waals surface area contributed by atoms with Crippen molar-refractivity contribution in [1.82, 2.24) is 9.80 Å². The van der Waals surface area contributed by atoms with E-state index < -0.39 is 6.17 Å². The molecule has 0 aromatic heterocycles. The Kier molecular flexibility index (Phi) is 4.23. The highest BCUT2D eigenvalue weighted by atomic mass is 19.1. The minimum Gasteiger partial charge on any atom is -0.375 e. The molecule has 2 heterocycles. The van der Waals surface area contributed by atoms with Gasteiger partial charge in [0.15, 0.2) is 0 Å². The van der Waals surface area contributed by atoms with Crippen LogP contribution in [-0.4, -0.2) is 66.3 Å². The Labute approximate surface area is 126 Å². The molecule has 1 spiro atoms. The van der Waals surface area contributed by atoms with E-state index >= 15 is 0 Å². The average Bonchev–Trinajstić information content (AvgIpc) is 3.08. The number of amides is 1. The molecule has 0 aromatic rings. The minimum absolute atomic E-state index is 0.00675. The first-order valence-corrected chi connectivity index (χ1v) is 8.26. The van der Waals surface area contributed by atoms with Gasteiger partial charge in [0.05, 0.1) is 5.60 Å². The molecule has 120 valence electrons. The van der Waals surface area contributed by atoms with Crippen molar-refractivity contribution in [1.29, 1.82) is 0 Å². The highest BCUT2D eigenvalue weighted by Gasteiger charge is 2.48. The van der Waals surface area contributed by atoms with Crippen molar-refractivity contribution in [2.24, 2.45) is 0 Å². The topological polar surface area (TPSA) is 32.8 Å². The number of ether oxygens (including phenoxy) is 1. The minimum atomic E-state index is -0.712. The lowest BCUT2D eigenvalue weighted by Crippen LogP contribution is -2.58. The molecule has 5 heteroatoms. The van der Waals surface area contributed by atoms with Crippen LogP contribution >= 0.6 is 0 Å². The summed E-state index contributed by atoms with van der Waals surface area (Å²) >= 11 is 0. The molecule has 21 heavy (non-hydrogen) atoms. The third-order valence-corrected chi connectivity index (χ3v) is 5.73. The molecule has 0 radical (unpaired) electrons. The van der Waals surface area contributed by atoms with Gasteiger partial charge in [-0.1, -0.05) is 0 Å². The van der Waals surface area contributed by atoms with Crippen LogP contribution in [-0.2, 0) is 9.53 Å². The number of alkyl halides is 1. The summed E-state index contributed by atoms with van der Waals surface area (Å²) in [6.45, 7) is 3.80. The molecule has 0 unspecified atom stereocenters. The van der Waals surface area contributed by atoms with E-state index in [0.717, 1.165) is 45.3 Å². The predicted molar refractivity (Wildman–Crippen MR) is 78.9 cm³/mol. The maximum atomic E-state index is 13.6. The maximum absolute atomic E-state index is 13.6. The van der Waals surface area contributed by atoms with Crippen molar-refractivity contribution in [3.8, 4) is 0 Å². The first-order chi connectivity index (χ1) is 10.0. The smallest absolute Gasteiger partial charge is 0.219 e. The predicted octanol–water partition coefficient (Wildman–Crippen LogP) is 1.98. The summed E-state index contributed by atoms with van der Waals surface area (Å²) in [6, 6.07) is 0.439. The number of likely N-dealkylation sites (tertiary alicyclic amines) is 1. The van der Waals surface area contributed by atoms with Crippen LogP contribution < -0.4 is 0 Å². The van der Waals surface area contributed by atoms with E-state index in [1.807, 2.05) is 11.9 Å². The van der Waals surface area contributed by atoms with Gasteiger partial charge in [0.25, 0.3) is 0 Å². The zero-order valence-corrected chi connectivity index (χ0v) is 13.2. The van der Waals surface area contributed by atoms with Crippen molar-refractivity contribution >= 4 is 5.91 Å². The molecule has 3 rings (SSSR count). The average molecular weight is 298 g/mol. The second kappa shape index (κ2) is 5.84. The number of rotatable bonds is 2. The second-order valence-corrected chi connectivity index (χ2v) is 7.02. The largest absolute Gasteiger partial charge is 0.375 e. The van der Waals surface area contributed by atoms with Crippen LogP contribution in [0.4, 0.5) is 4.39 Å². The quantitative estimate of drug-likeness (QED) is 0.781. The number of carbonyl (C=O) groups is 1. The number of carbonyl (C=O) groups excluding carboxylic acids is 1. The number of nitrogens with zero attached hydrogens (tertiary/aromatic N) is 2. The Morgan fingerprint density at radius 3 is 2.76 bits per heavy atom. The number of hydrogen-bond donors (Lipinski definition) is 0. The standard InChI is InChI=1S/C16H27FN2O2/c1-12(20)18(2)14-4-7-16(6-3-9-21-16)10-15(14)19-8-5-13(17)11-19/h13-15H,3-11H2,1-2H3/t13-,14-,15-,16-/m0/s1. The second-order valence-electron chi connectivity index (χ2n) is 7.02. The van der Waals surface area contributed by atoms with E-state index in [-0.39, 0.29) is 23.6 Å². The molecule has 1 aliphatic carbocycles. The highest BCUT2D eigenvalue weighted by molar-refractivity contribution is 5.73. The van der Waals surface area contributed by atoms with Gasteiger partial charge in [-0.25, -0.2) is 4.39 Å². The van der Waals surface area contributed by atoms with Gasteiger partial charge in [0, 0.05) is 45.8 Å². The fourth-order valence-corrected chi connectivity index (χ4v) is 4.44. The lowest BCUT2D eigenvalue weighted by Gasteiger charge is -2.48. The molecular weight excluding hydrogens is 271 g/mol. The number of likely N-dealkylation sites (N-methyl/N-ethyl adjacent to an activating group) is 1. The van der Waals surface area contributed by atoms with Crippen LogP contribution in [0.5, 0.6) is 0 Å². The summed E-state index contributed by atoms with van der Waals surface area (Å²) in [5.74, 6) is 0.101. The van der Waals surface area contributed by atoms with E-state index in [1.165, 1.54) is 0 Å². The number of hydrogen-bond acceptors (Lipinski definition) is 3. The normalized spacial score (nSPS) is 40.8. The van der Waals surface area contributed by atoms with Crippen LogP contribution in [0.3, 0.4) is 0 Å². The fraction of sp³-hybridized carbons (Fsp3) is 0.938. The Hall–Kier alpha value is -0.680. The van der Waals surface area contributed by atoms with Crippen molar-refractivity contribution < 1.29 is 13.9 Å². The monoisotopic (exact) mass is 298 g/mol. The van der Waals surface area contributed by atoms with E-state index in [1.54, 1.807) is 6.92 Å². The molecule has 4 atom stereocenters. The third-order valence-electron chi connectivity index (χ3n) is 5.73. The SMILES string of the molecule is CC(=O)N(C)[C@H]1CC[C@@]2(CCCO2)C[C@@H]1N1CC[C@H](F)C1. The van der Waals surface area contributed by atoms with Crippen LogP contribution in [0.2, 0.25) is 0 Å². The molecule has 2 aliphatic heterocycles. The number of halogens is 1. The van der Waals surface area contributed by atoms with Gasteiger partial charge in [-0.2, -0.15) is 0 Å². The lowest BCUT2D eigenvalue weighted by atomic mass is 9.76. The Balaban J connectivity index is 1.78. The van der Waals surface area contributed by atoms with Gasteiger partial charge in [0.2, 0.25) is 5.91 Å². The summed E-state index contributed by atoms with van der Waals surface area (Å²) in [7, 11) is 1.89. The molecular formula is C16H27FN2O2. The van der Waals surface area contributed by atoms with Crippen molar-refractivity contribution in [2.75, 3.05) is 26.7 Å². The molecule has 0 N–H and O–H groups in total. The van der Waals surface area contributed by atoms with Crippen LogP contribution in [0.15, 0.2) is 0 Å². The van der Waals surface area contributed by atoms with Gasteiger partial charge in [-0.3, -0.25) is 9.69 Å². The first kappa shape index (κ1) is 15.2. The third kappa shape index (κ3) is 2.95. The van der Waals surface area contributed by atoms with Crippen LogP contribution in [0.25, 0.3) is 0 Å². The van der Waals surface area contributed by atoms with Crippen LogP contribution in [0.1, 0.15) is 45.4 Å². The molecule has 3 aliphatic rings.